The van der Waals surface area contributed by atoms with E-state index in [4.69, 9.17) is 0 Å². The Hall–Kier alpha value is -2.59. The molecule has 1 aromatic heterocycles. The second-order valence-electron chi connectivity index (χ2n) is 8.62. The summed E-state index contributed by atoms with van der Waals surface area (Å²) in [6.07, 6.45) is 3.27. The average Bonchev–Trinajstić information content (AvgIpc) is 3.09. The number of hydrogen-bond acceptors (Lipinski definition) is 3. The lowest BCUT2D eigenvalue weighted by Crippen LogP contribution is -2.48. The number of aromatic nitrogens is 1. The predicted octanol–water partition coefficient (Wildman–Crippen LogP) is 4.23. The van der Waals surface area contributed by atoms with Crippen LogP contribution in [0.15, 0.2) is 54.6 Å². The summed E-state index contributed by atoms with van der Waals surface area (Å²) >= 11 is 0. The molecule has 1 saturated heterocycles. The smallest absolute Gasteiger partial charge is 0.245 e. The first kappa shape index (κ1) is 18.4. The molecule has 0 saturated carbocycles. The van der Waals surface area contributed by atoms with Crippen LogP contribution < -0.4 is 4.90 Å². The molecule has 1 aliphatic carbocycles. The lowest BCUT2D eigenvalue weighted by Gasteiger charge is -2.35. The van der Waals surface area contributed by atoms with Gasteiger partial charge in [0.2, 0.25) is 5.91 Å². The van der Waals surface area contributed by atoms with Crippen LogP contribution in [0, 0.1) is 5.92 Å². The van der Waals surface area contributed by atoms with Gasteiger partial charge in [0, 0.05) is 42.9 Å². The van der Waals surface area contributed by atoms with E-state index >= 15 is 0 Å². The minimum absolute atomic E-state index is 0.227. The van der Waals surface area contributed by atoms with Gasteiger partial charge in [-0.25, -0.2) is 0 Å². The molecule has 3 aromatic rings. The lowest BCUT2D eigenvalue weighted by molar-refractivity contribution is 0.0845. The molecule has 0 amide bonds. The van der Waals surface area contributed by atoms with Crippen molar-refractivity contribution in [2.45, 2.75) is 26.2 Å². The fourth-order valence-electron chi connectivity index (χ4n) is 5.03. The largest absolute Gasteiger partial charge is 0.369 e. The van der Waals surface area contributed by atoms with Crippen LogP contribution >= 0.6 is 0 Å². The molecule has 2 heterocycles. The summed E-state index contributed by atoms with van der Waals surface area (Å²) in [7, 11) is 0. The lowest BCUT2D eigenvalue weighted by atomic mass is 9.88. The van der Waals surface area contributed by atoms with Crippen LogP contribution in [0.2, 0.25) is 0 Å². The van der Waals surface area contributed by atoms with Gasteiger partial charge in [-0.2, -0.15) is 0 Å². The normalized spacial score (nSPS) is 20.0. The van der Waals surface area contributed by atoms with Gasteiger partial charge < -0.3 is 4.90 Å². The molecule has 0 spiro atoms. The Kier molecular flexibility index (Phi) is 4.88. The molecule has 0 N–H and O–H groups in total. The Balaban J connectivity index is 1.34. The van der Waals surface area contributed by atoms with Gasteiger partial charge in [-0.15, -0.1) is 0 Å². The summed E-state index contributed by atoms with van der Waals surface area (Å²) in [5.74, 6) is 0.924. The Morgan fingerprint density at radius 1 is 0.966 bits per heavy atom. The molecule has 0 unspecified atom stereocenters. The number of anilines is 1. The zero-order valence-corrected chi connectivity index (χ0v) is 17.2. The van der Waals surface area contributed by atoms with Crippen LogP contribution in [0.25, 0.3) is 10.9 Å². The number of carbonyl (C=O) groups is 1. The van der Waals surface area contributed by atoms with E-state index < -0.39 is 0 Å². The number of para-hydroxylation sites is 2. The van der Waals surface area contributed by atoms with E-state index in [1.807, 2.05) is 4.57 Å². The van der Waals surface area contributed by atoms with Gasteiger partial charge >= 0.3 is 0 Å². The van der Waals surface area contributed by atoms with Crippen molar-refractivity contribution in [3.8, 4) is 0 Å². The summed E-state index contributed by atoms with van der Waals surface area (Å²) < 4.78 is 2.04. The number of piperazine rings is 1. The first-order chi connectivity index (χ1) is 14.2. The summed E-state index contributed by atoms with van der Waals surface area (Å²) in [6.45, 7) is 6.63. The molecule has 5 rings (SSSR count). The first-order valence-corrected chi connectivity index (χ1v) is 10.9. The second-order valence-corrected chi connectivity index (χ2v) is 8.62. The van der Waals surface area contributed by atoms with Crippen molar-refractivity contribution in [3.63, 3.8) is 0 Å². The Labute approximate surface area is 172 Å². The van der Waals surface area contributed by atoms with Crippen molar-refractivity contribution in [2.24, 2.45) is 5.92 Å². The molecule has 0 radical (unpaired) electrons. The molecule has 29 heavy (non-hydrogen) atoms. The third kappa shape index (κ3) is 3.46. The highest BCUT2D eigenvalue weighted by Gasteiger charge is 2.27. The molecule has 2 aliphatic rings. The van der Waals surface area contributed by atoms with Crippen molar-refractivity contribution in [2.75, 3.05) is 37.6 Å². The van der Waals surface area contributed by atoms with Crippen LogP contribution in [-0.2, 0) is 12.8 Å². The first-order valence-electron chi connectivity index (χ1n) is 10.9. The third-order valence-electron chi connectivity index (χ3n) is 6.62. The third-order valence-corrected chi connectivity index (χ3v) is 6.62. The Morgan fingerprint density at radius 3 is 2.48 bits per heavy atom. The SMILES string of the molecule is C[C@H]1CCc2c(c3ccccc3n2C(=O)CN2CCN(c3ccccc3)CC2)C1. The van der Waals surface area contributed by atoms with Gasteiger partial charge in [-0.1, -0.05) is 43.3 Å². The molecule has 0 bridgehead atoms. The van der Waals surface area contributed by atoms with Crippen LogP contribution in [-0.4, -0.2) is 48.1 Å². The molecule has 4 heteroatoms. The molecule has 2 aromatic carbocycles. The molecule has 1 fully saturated rings. The number of hydrogen-bond donors (Lipinski definition) is 0. The van der Waals surface area contributed by atoms with Crippen LogP contribution in [0.4, 0.5) is 5.69 Å². The second kappa shape index (κ2) is 7.68. The van der Waals surface area contributed by atoms with Crippen LogP contribution in [0.3, 0.4) is 0 Å². The molecule has 1 aliphatic heterocycles. The quantitative estimate of drug-likeness (QED) is 0.673. The number of fused-ring (bicyclic) bond motifs is 3. The predicted molar refractivity (Wildman–Crippen MR) is 119 cm³/mol. The minimum atomic E-state index is 0.227. The van der Waals surface area contributed by atoms with E-state index in [0.717, 1.165) is 44.5 Å². The van der Waals surface area contributed by atoms with Gasteiger partial charge in [0.1, 0.15) is 0 Å². The number of carbonyl (C=O) groups excluding carboxylic acids is 1. The monoisotopic (exact) mass is 387 g/mol. The number of benzene rings is 2. The fraction of sp³-hybridized carbons (Fsp3) is 0.400. The van der Waals surface area contributed by atoms with Gasteiger partial charge in [-0.3, -0.25) is 14.3 Å². The van der Waals surface area contributed by atoms with E-state index in [2.05, 4.69) is 71.3 Å². The van der Waals surface area contributed by atoms with Gasteiger partial charge in [-0.05, 0) is 48.9 Å². The van der Waals surface area contributed by atoms with Gasteiger partial charge in [0.15, 0.2) is 0 Å². The summed E-state index contributed by atoms with van der Waals surface area (Å²) in [5, 5.41) is 1.27. The zero-order valence-electron chi connectivity index (χ0n) is 17.2. The fourth-order valence-corrected chi connectivity index (χ4v) is 5.03. The molecular formula is C25H29N3O. The highest BCUT2D eigenvalue weighted by molar-refractivity contribution is 5.97. The maximum absolute atomic E-state index is 13.4. The summed E-state index contributed by atoms with van der Waals surface area (Å²) in [5.41, 5.74) is 5.04. The molecular weight excluding hydrogens is 358 g/mol. The zero-order chi connectivity index (χ0) is 19.8. The summed E-state index contributed by atoms with van der Waals surface area (Å²) in [4.78, 5) is 18.1. The van der Waals surface area contributed by atoms with Crippen molar-refractivity contribution < 1.29 is 4.79 Å². The Morgan fingerprint density at radius 2 is 1.69 bits per heavy atom. The highest BCUT2D eigenvalue weighted by Crippen LogP contribution is 2.34. The van der Waals surface area contributed by atoms with Crippen LogP contribution in [0.5, 0.6) is 0 Å². The van der Waals surface area contributed by atoms with Gasteiger partial charge in [0.05, 0.1) is 12.1 Å². The number of nitrogens with zero attached hydrogens (tertiary/aromatic N) is 3. The standard InChI is InChI=1S/C25H29N3O/c1-19-11-12-24-22(17-19)21-9-5-6-10-23(21)28(24)25(29)18-26-13-15-27(16-14-26)20-7-3-2-4-8-20/h2-10,19H,11-18H2,1H3/t19-/m0/s1. The summed E-state index contributed by atoms with van der Waals surface area (Å²) in [6, 6.07) is 19.0. The Bertz CT molecular complexity index is 1020. The van der Waals surface area contributed by atoms with E-state index in [1.165, 1.54) is 28.8 Å². The molecule has 1 atom stereocenters. The maximum Gasteiger partial charge on any atom is 0.245 e. The van der Waals surface area contributed by atoms with Crippen molar-refractivity contribution in [3.05, 3.63) is 65.9 Å². The maximum atomic E-state index is 13.4. The van der Waals surface area contributed by atoms with E-state index in [1.54, 1.807) is 0 Å². The van der Waals surface area contributed by atoms with Crippen LogP contribution in [0.1, 0.15) is 29.4 Å². The van der Waals surface area contributed by atoms with Crippen molar-refractivity contribution in [1.82, 2.24) is 9.47 Å². The topological polar surface area (TPSA) is 28.5 Å². The van der Waals surface area contributed by atoms with E-state index in [9.17, 15) is 4.79 Å². The van der Waals surface area contributed by atoms with E-state index in [0.29, 0.717) is 12.5 Å². The average molecular weight is 388 g/mol. The van der Waals surface area contributed by atoms with Gasteiger partial charge in [0.25, 0.3) is 0 Å². The molecule has 4 nitrogen and oxygen atoms in total. The minimum Gasteiger partial charge on any atom is -0.369 e. The highest BCUT2D eigenvalue weighted by atomic mass is 16.2. The van der Waals surface area contributed by atoms with Crippen molar-refractivity contribution in [1.29, 1.82) is 0 Å². The van der Waals surface area contributed by atoms with Crippen molar-refractivity contribution >= 4 is 22.5 Å². The molecule has 150 valence electrons. The van der Waals surface area contributed by atoms with E-state index in [-0.39, 0.29) is 5.91 Å². The number of rotatable bonds is 3.